The van der Waals surface area contributed by atoms with Gasteiger partial charge in [0.15, 0.2) is 0 Å². The third-order valence-electron chi connectivity index (χ3n) is 2.89. The molecule has 0 aromatic rings. The van der Waals surface area contributed by atoms with E-state index in [-0.39, 0.29) is 16.9 Å². The van der Waals surface area contributed by atoms with Gasteiger partial charge in [0.1, 0.15) is 6.10 Å². The van der Waals surface area contributed by atoms with E-state index in [1.807, 2.05) is 12.3 Å². The van der Waals surface area contributed by atoms with Gasteiger partial charge in [0.05, 0.1) is 0 Å². The van der Waals surface area contributed by atoms with Gasteiger partial charge in [-0.1, -0.05) is 6.08 Å². The van der Waals surface area contributed by atoms with Crippen molar-refractivity contribution in [1.29, 1.82) is 0 Å². The van der Waals surface area contributed by atoms with Gasteiger partial charge in [-0.25, -0.2) is 0 Å². The first-order valence-electron chi connectivity index (χ1n) is 4.43. The molecule has 5 nitrogen and oxygen atoms in total. The van der Waals surface area contributed by atoms with Crippen LogP contribution in [0.15, 0.2) is 12.3 Å². The van der Waals surface area contributed by atoms with Crippen molar-refractivity contribution < 1.29 is 10.0 Å². The first-order chi connectivity index (χ1) is 6.18. The van der Waals surface area contributed by atoms with Crippen molar-refractivity contribution in [2.75, 3.05) is 0 Å². The lowest BCUT2D eigenvalue weighted by molar-refractivity contribution is -0.539. The Morgan fingerprint density at radius 3 is 3.00 bits per heavy atom. The Morgan fingerprint density at radius 2 is 2.31 bits per heavy atom. The number of rotatable bonds is 1. The van der Waals surface area contributed by atoms with Gasteiger partial charge in [-0.05, 0) is 6.20 Å². The van der Waals surface area contributed by atoms with Crippen molar-refractivity contribution in [2.24, 2.45) is 5.92 Å². The van der Waals surface area contributed by atoms with Gasteiger partial charge >= 0.3 is 0 Å². The maximum atomic E-state index is 10.6. The molecule has 0 bridgehead atoms. The Bertz CT molecular complexity index is 254. The summed E-state index contributed by atoms with van der Waals surface area (Å²) in [4.78, 5) is 10.2. The lowest BCUT2D eigenvalue weighted by Crippen LogP contribution is -2.47. The fourth-order valence-corrected chi connectivity index (χ4v) is 2.13. The molecule has 5 heteroatoms. The van der Waals surface area contributed by atoms with E-state index in [0.29, 0.717) is 12.8 Å². The molecule has 2 aliphatic rings. The minimum Gasteiger partial charge on any atom is -0.388 e. The minimum atomic E-state index is -0.802. The molecule has 2 rings (SSSR count). The number of nitro groups is 1. The number of nitrogens with zero attached hydrogens (tertiary/aromatic N) is 1. The van der Waals surface area contributed by atoms with E-state index in [2.05, 4.69) is 5.32 Å². The van der Waals surface area contributed by atoms with E-state index in [1.165, 1.54) is 0 Å². The van der Waals surface area contributed by atoms with Gasteiger partial charge in [0, 0.05) is 29.7 Å². The van der Waals surface area contributed by atoms with Crippen LogP contribution in [0, 0.1) is 16.0 Å². The van der Waals surface area contributed by atoms with E-state index in [1.54, 1.807) is 0 Å². The predicted molar refractivity (Wildman–Crippen MR) is 45.6 cm³/mol. The van der Waals surface area contributed by atoms with Crippen LogP contribution >= 0.6 is 0 Å². The van der Waals surface area contributed by atoms with Gasteiger partial charge < -0.3 is 10.4 Å². The molecular formula is C8H12N2O3. The van der Waals surface area contributed by atoms with Crippen LogP contribution in [0.25, 0.3) is 0 Å². The molecule has 13 heavy (non-hydrogen) atoms. The van der Waals surface area contributed by atoms with Crippen molar-refractivity contribution in [3.05, 3.63) is 22.4 Å². The predicted octanol–water partition coefficient (Wildman–Crippen LogP) is -0.112. The number of hydrogen-bond acceptors (Lipinski definition) is 4. The molecule has 0 radical (unpaired) electrons. The van der Waals surface area contributed by atoms with Crippen LogP contribution in [0.5, 0.6) is 0 Å². The lowest BCUT2D eigenvalue weighted by Gasteiger charge is -2.30. The van der Waals surface area contributed by atoms with Crippen molar-refractivity contribution >= 4 is 0 Å². The largest absolute Gasteiger partial charge is 0.388 e. The van der Waals surface area contributed by atoms with E-state index in [0.717, 1.165) is 0 Å². The van der Waals surface area contributed by atoms with E-state index in [4.69, 9.17) is 0 Å². The smallest absolute Gasteiger partial charge is 0.239 e. The van der Waals surface area contributed by atoms with Crippen LogP contribution in [0.4, 0.5) is 0 Å². The van der Waals surface area contributed by atoms with Crippen LogP contribution < -0.4 is 5.32 Å². The highest BCUT2D eigenvalue weighted by Gasteiger charge is 2.42. The molecule has 1 aliphatic heterocycles. The first kappa shape index (κ1) is 8.50. The van der Waals surface area contributed by atoms with Crippen LogP contribution in [0.3, 0.4) is 0 Å². The van der Waals surface area contributed by atoms with Gasteiger partial charge in [0.25, 0.3) is 0 Å². The summed E-state index contributed by atoms with van der Waals surface area (Å²) in [5.41, 5.74) is 0. The monoisotopic (exact) mass is 184 g/mol. The number of fused-ring (bicyclic) bond motifs is 1. The van der Waals surface area contributed by atoms with Crippen molar-refractivity contribution in [3.63, 3.8) is 0 Å². The number of nitrogens with one attached hydrogen (secondary N) is 1. The zero-order valence-corrected chi connectivity index (χ0v) is 7.09. The van der Waals surface area contributed by atoms with Gasteiger partial charge in [0.2, 0.25) is 6.04 Å². The van der Waals surface area contributed by atoms with Crippen LogP contribution in [0.2, 0.25) is 0 Å². The van der Waals surface area contributed by atoms with Gasteiger partial charge in [-0.15, -0.1) is 0 Å². The first-order valence-corrected chi connectivity index (χ1v) is 4.43. The molecule has 1 heterocycles. The number of aliphatic hydroxyl groups excluding tert-OH is 1. The van der Waals surface area contributed by atoms with E-state index >= 15 is 0 Å². The quantitative estimate of drug-likeness (QED) is 0.440. The second-order valence-electron chi connectivity index (χ2n) is 3.69. The second kappa shape index (κ2) is 2.99. The number of aliphatic hydroxyl groups is 1. The summed E-state index contributed by atoms with van der Waals surface area (Å²) >= 11 is 0. The minimum absolute atomic E-state index is 0.200. The summed E-state index contributed by atoms with van der Waals surface area (Å²) in [6.45, 7) is 0. The Morgan fingerprint density at radius 1 is 1.54 bits per heavy atom. The topological polar surface area (TPSA) is 75.4 Å². The molecule has 0 amide bonds. The number of hydrogen-bond donors (Lipinski definition) is 2. The molecule has 1 saturated carbocycles. The average Bonchev–Trinajstić information content (AvgIpc) is 2.48. The van der Waals surface area contributed by atoms with Gasteiger partial charge in [-0.3, -0.25) is 10.1 Å². The lowest BCUT2D eigenvalue weighted by atomic mass is 9.81. The average molecular weight is 184 g/mol. The normalized spacial score (nSPS) is 42.5. The zero-order valence-electron chi connectivity index (χ0n) is 7.09. The molecule has 4 unspecified atom stereocenters. The fourth-order valence-electron chi connectivity index (χ4n) is 2.13. The molecule has 0 spiro atoms. The molecule has 4 atom stereocenters. The molecule has 2 N–H and O–H groups in total. The summed E-state index contributed by atoms with van der Waals surface area (Å²) in [6, 6.07) is -0.586. The highest BCUT2D eigenvalue weighted by atomic mass is 16.6. The summed E-state index contributed by atoms with van der Waals surface area (Å²) < 4.78 is 0. The molecule has 0 saturated heterocycles. The SMILES string of the molecule is O=[N+]([O-])C1CC2C=CNC2CC1O. The van der Waals surface area contributed by atoms with Crippen LogP contribution in [0.1, 0.15) is 12.8 Å². The Labute approximate surface area is 75.6 Å². The van der Waals surface area contributed by atoms with Crippen LogP contribution in [-0.2, 0) is 0 Å². The summed E-state index contributed by atoms with van der Waals surface area (Å²) in [7, 11) is 0. The molecule has 1 fully saturated rings. The summed E-state index contributed by atoms with van der Waals surface area (Å²) in [5.74, 6) is 0.221. The molecule has 0 aromatic heterocycles. The Kier molecular flexibility index (Phi) is 1.95. The van der Waals surface area contributed by atoms with Crippen molar-refractivity contribution in [2.45, 2.75) is 31.0 Å². The van der Waals surface area contributed by atoms with Crippen molar-refractivity contribution in [1.82, 2.24) is 5.32 Å². The standard InChI is InChI=1S/C8H12N2O3/c11-8-4-6-5(1-2-9-6)3-7(8)10(12)13/h1-2,5-9,11H,3-4H2. The second-order valence-corrected chi connectivity index (χ2v) is 3.69. The molecule has 72 valence electrons. The highest BCUT2D eigenvalue weighted by molar-refractivity contribution is 5.07. The van der Waals surface area contributed by atoms with E-state index < -0.39 is 12.1 Å². The third-order valence-corrected chi connectivity index (χ3v) is 2.89. The molecule has 0 aromatic carbocycles. The summed E-state index contributed by atoms with van der Waals surface area (Å²) in [5, 5.41) is 23.1. The maximum absolute atomic E-state index is 10.6. The highest BCUT2D eigenvalue weighted by Crippen LogP contribution is 2.30. The van der Waals surface area contributed by atoms with Crippen LogP contribution in [-0.4, -0.2) is 28.2 Å². The van der Waals surface area contributed by atoms with E-state index in [9.17, 15) is 15.2 Å². The Balaban J connectivity index is 2.08. The Hall–Kier alpha value is -1.10. The molecule has 1 aliphatic carbocycles. The zero-order chi connectivity index (χ0) is 9.42. The third kappa shape index (κ3) is 1.39. The van der Waals surface area contributed by atoms with Crippen molar-refractivity contribution in [3.8, 4) is 0 Å². The summed E-state index contributed by atoms with van der Waals surface area (Å²) in [6.07, 6.45) is 3.90. The fraction of sp³-hybridized carbons (Fsp3) is 0.750. The van der Waals surface area contributed by atoms with Gasteiger partial charge in [-0.2, -0.15) is 0 Å². The molecular weight excluding hydrogens is 172 g/mol. The maximum Gasteiger partial charge on any atom is 0.239 e.